The Hall–Kier alpha value is -3.25. The van der Waals surface area contributed by atoms with Crippen LogP contribution in [0.5, 0.6) is 11.5 Å². The van der Waals surface area contributed by atoms with E-state index in [-0.39, 0.29) is 18.0 Å². The minimum Gasteiger partial charge on any atom is -0.494 e. The SMILES string of the molecule is COc1ccc(CN(C)C(=O)COc2ccc(S(N)(=O)=O)cc2[N+](=O)[O-])cc1F. The first-order valence-corrected chi connectivity index (χ1v) is 9.58. The average molecular weight is 427 g/mol. The van der Waals surface area contributed by atoms with Crippen molar-refractivity contribution in [3.8, 4) is 11.5 Å². The quantitative estimate of drug-likeness (QED) is 0.496. The van der Waals surface area contributed by atoms with Crippen LogP contribution in [-0.2, 0) is 21.4 Å². The first kappa shape index (κ1) is 22.0. The summed E-state index contributed by atoms with van der Waals surface area (Å²) >= 11 is 0. The summed E-state index contributed by atoms with van der Waals surface area (Å²) in [6.45, 7) is -0.486. The molecule has 10 nitrogen and oxygen atoms in total. The smallest absolute Gasteiger partial charge is 0.312 e. The monoisotopic (exact) mass is 427 g/mol. The van der Waals surface area contributed by atoms with Crippen molar-refractivity contribution in [2.75, 3.05) is 20.8 Å². The third kappa shape index (κ3) is 5.62. The van der Waals surface area contributed by atoms with Crippen molar-refractivity contribution >= 4 is 21.6 Å². The molecule has 0 spiro atoms. The molecule has 1 amide bonds. The summed E-state index contributed by atoms with van der Waals surface area (Å²) in [5.41, 5.74) is -0.146. The fraction of sp³-hybridized carbons (Fsp3) is 0.235. The zero-order valence-corrected chi connectivity index (χ0v) is 16.3. The van der Waals surface area contributed by atoms with Gasteiger partial charge in [-0.25, -0.2) is 17.9 Å². The molecule has 156 valence electrons. The fourth-order valence-electron chi connectivity index (χ4n) is 2.36. The van der Waals surface area contributed by atoms with E-state index in [1.54, 1.807) is 6.07 Å². The van der Waals surface area contributed by atoms with E-state index in [1.807, 2.05) is 0 Å². The molecule has 0 unspecified atom stereocenters. The summed E-state index contributed by atoms with van der Waals surface area (Å²) < 4.78 is 46.4. The minimum absolute atomic E-state index is 0.0650. The molecule has 0 atom stereocenters. The van der Waals surface area contributed by atoms with E-state index in [4.69, 9.17) is 14.6 Å². The molecule has 0 fully saturated rings. The zero-order valence-electron chi connectivity index (χ0n) is 15.5. The molecule has 0 aliphatic carbocycles. The van der Waals surface area contributed by atoms with Crippen LogP contribution in [0.2, 0.25) is 0 Å². The van der Waals surface area contributed by atoms with Gasteiger partial charge < -0.3 is 14.4 Å². The molecule has 0 aliphatic rings. The number of hydrogen-bond donors (Lipinski definition) is 1. The van der Waals surface area contributed by atoms with Gasteiger partial charge in [0.15, 0.2) is 23.9 Å². The molecule has 2 aromatic rings. The third-order valence-electron chi connectivity index (χ3n) is 3.87. The van der Waals surface area contributed by atoms with Gasteiger partial charge in [0.1, 0.15) is 0 Å². The largest absolute Gasteiger partial charge is 0.494 e. The normalized spacial score (nSPS) is 11.0. The summed E-state index contributed by atoms with van der Waals surface area (Å²) in [5, 5.41) is 16.1. The number of hydrogen-bond acceptors (Lipinski definition) is 7. The van der Waals surface area contributed by atoms with Crippen LogP contribution >= 0.6 is 0 Å². The molecule has 0 heterocycles. The van der Waals surface area contributed by atoms with Gasteiger partial charge in [0.05, 0.1) is 16.9 Å². The highest BCUT2D eigenvalue weighted by atomic mass is 32.2. The topological polar surface area (TPSA) is 142 Å². The second-order valence-corrected chi connectivity index (χ2v) is 7.50. The summed E-state index contributed by atoms with van der Waals surface area (Å²) in [4.78, 5) is 23.3. The molecular weight excluding hydrogens is 409 g/mol. The first-order valence-electron chi connectivity index (χ1n) is 8.03. The Bertz CT molecular complexity index is 1040. The molecule has 0 radical (unpaired) electrons. The Morgan fingerprint density at radius 2 is 1.90 bits per heavy atom. The van der Waals surface area contributed by atoms with Crippen molar-refractivity contribution in [1.29, 1.82) is 0 Å². The third-order valence-corrected chi connectivity index (χ3v) is 4.78. The molecular formula is C17H18FN3O7S. The van der Waals surface area contributed by atoms with Gasteiger partial charge in [-0.05, 0) is 29.8 Å². The number of carbonyl (C=O) groups is 1. The number of nitrogens with zero attached hydrogens (tertiary/aromatic N) is 2. The van der Waals surface area contributed by atoms with Crippen molar-refractivity contribution in [2.45, 2.75) is 11.4 Å². The predicted octanol–water partition coefficient (Wildman–Crippen LogP) is 1.43. The molecule has 2 N–H and O–H groups in total. The summed E-state index contributed by atoms with van der Waals surface area (Å²) in [5.74, 6) is -1.33. The van der Waals surface area contributed by atoms with Crippen molar-refractivity contribution in [1.82, 2.24) is 4.90 Å². The number of amides is 1. The van der Waals surface area contributed by atoms with Crippen LogP contribution in [0.15, 0.2) is 41.3 Å². The van der Waals surface area contributed by atoms with Crippen molar-refractivity contribution in [3.05, 3.63) is 57.9 Å². The van der Waals surface area contributed by atoms with Gasteiger partial charge >= 0.3 is 5.69 Å². The van der Waals surface area contributed by atoms with E-state index in [0.29, 0.717) is 5.56 Å². The van der Waals surface area contributed by atoms with Gasteiger partial charge in [0, 0.05) is 19.7 Å². The Kier molecular flexibility index (Phi) is 6.72. The van der Waals surface area contributed by atoms with Gasteiger partial charge in [-0.1, -0.05) is 6.07 Å². The van der Waals surface area contributed by atoms with Crippen LogP contribution in [-0.4, -0.2) is 44.9 Å². The van der Waals surface area contributed by atoms with Crippen LogP contribution in [0, 0.1) is 15.9 Å². The molecule has 0 saturated heterocycles. The molecule has 0 aromatic heterocycles. The van der Waals surface area contributed by atoms with Crippen LogP contribution < -0.4 is 14.6 Å². The van der Waals surface area contributed by atoms with Crippen molar-refractivity contribution < 1.29 is 32.0 Å². The number of methoxy groups -OCH3 is 1. The van der Waals surface area contributed by atoms with Crippen LogP contribution in [0.3, 0.4) is 0 Å². The second-order valence-electron chi connectivity index (χ2n) is 5.94. The number of halogens is 1. The number of likely N-dealkylation sites (N-methyl/N-ethyl adjacent to an activating group) is 1. The van der Waals surface area contributed by atoms with Gasteiger partial charge in [-0.2, -0.15) is 0 Å². The number of nitrogens with two attached hydrogens (primary N) is 1. The van der Waals surface area contributed by atoms with E-state index >= 15 is 0 Å². The lowest BCUT2D eigenvalue weighted by Crippen LogP contribution is -2.31. The Balaban J connectivity index is 2.08. The summed E-state index contributed by atoms with van der Waals surface area (Å²) in [6, 6.07) is 7.06. The molecule has 2 rings (SSSR count). The number of primary sulfonamides is 1. The number of sulfonamides is 1. The molecule has 12 heteroatoms. The molecule has 2 aromatic carbocycles. The highest BCUT2D eigenvalue weighted by molar-refractivity contribution is 7.89. The fourth-order valence-corrected chi connectivity index (χ4v) is 2.89. The first-order chi connectivity index (χ1) is 13.5. The van der Waals surface area contributed by atoms with Crippen molar-refractivity contribution in [2.24, 2.45) is 5.14 Å². The minimum atomic E-state index is -4.14. The molecule has 29 heavy (non-hydrogen) atoms. The molecule has 0 aliphatic heterocycles. The number of rotatable bonds is 8. The maximum Gasteiger partial charge on any atom is 0.312 e. The summed E-state index contributed by atoms with van der Waals surface area (Å²) in [7, 11) is -1.35. The van der Waals surface area contributed by atoms with E-state index in [2.05, 4.69) is 0 Å². The van der Waals surface area contributed by atoms with E-state index in [1.165, 1.54) is 31.2 Å². The van der Waals surface area contributed by atoms with Crippen LogP contribution in [0.1, 0.15) is 5.56 Å². The lowest BCUT2D eigenvalue weighted by Gasteiger charge is -2.18. The Labute approximate surface area is 165 Å². The standard InChI is InChI=1S/C17H18FN3O7S/c1-20(9-11-3-5-15(27-2)13(18)7-11)17(22)10-28-16-6-4-12(29(19,25)26)8-14(16)21(23)24/h3-8H,9-10H2,1-2H3,(H2,19,25,26). The van der Waals surface area contributed by atoms with Gasteiger partial charge in [0.2, 0.25) is 10.0 Å². The highest BCUT2D eigenvalue weighted by Crippen LogP contribution is 2.29. The Morgan fingerprint density at radius 3 is 2.45 bits per heavy atom. The lowest BCUT2D eigenvalue weighted by atomic mass is 10.2. The Morgan fingerprint density at radius 1 is 1.24 bits per heavy atom. The predicted molar refractivity (Wildman–Crippen MR) is 99.4 cm³/mol. The molecule has 0 bridgehead atoms. The average Bonchev–Trinajstić information content (AvgIpc) is 2.65. The number of benzene rings is 2. The highest BCUT2D eigenvalue weighted by Gasteiger charge is 2.21. The number of nitro groups is 1. The number of nitro benzene ring substituents is 1. The van der Waals surface area contributed by atoms with Gasteiger partial charge in [-0.15, -0.1) is 0 Å². The van der Waals surface area contributed by atoms with E-state index in [0.717, 1.165) is 18.2 Å². The maximum atomic E-state index is 13.7. The zero-order chi connectivity index (χ0) is 21.8. The number of ether oxygens (including phenoxy) is 2. The lowest BCUT2D eigenvalue weighted by molar-refractivity contribution is -0.386. The van der Waals surface area contributed by atoms with E-state index < -0.39 is 43.9 Å². The second kappa shape index (κ2) is 8.84. The molecule has 0 saturated carbocycles. The van der Waals surface area contributed by atoms with Crippen LogP contribution in [0.25, 0.3) is 0 Å². The van der Waals surface area contributed by atoms with Gasteiger partial charge in [0.25, 0.3) is 5.91 Å². The van der Waals surface area contributed by atoms with Crippen molar-refractivity contribution in [3.63, 3.8) is 0 Å². The van der Waals surface area contributed by atoms with E-state index in [9.17, 15) is 27.7 Å². The van der Waals surface area contributed by atoms with Crippen LogP contribution in [0.4, 0.5) is 10.1 Å². The van der Waals surface area contributed by atoms with Gasteiger partial charge in [-0.3, -0.25) is 14.9 Å². The maximum absolute atomic E-state index is 13.7. The summed E-state index contributed by atoms with van der Waals surface area (Å²) in [6.07, 6.45) is 0. The number of carbonyl (C=O) groups excluding carboxylic acids is 1.